The van der Waals surface area contributed by atoms with Gasteiger partial charge in [0.1, 0.15) is 12.4 Å². The van der Waals surface area contributed by atoms with Crippen molar-refractivity contribution in [3.05, 3.63) is 89.2 Å². The van der Waals surface area contributed by atoms with Crippen LogP contribution in [0.1, 0.15) is 21.5 Å². The average molecular weight is 383 g/mol. The second kappa shape index (κ2) is 8.72. The van der Waals surface area contributed by atoms with Gasteiger partial charge in [-0.2, -0.15) is 0 Å². The Balaban J connectivity index is 1.84. The van der Waals surface area contributed by atoms with E-state index < -0.39 is 17.5 Å². The maximum atomic E-state index is 13.4. The lowest BCUT2D eigenvalue weighted by Gasteiger charge is -2.13. The summed E-state index contributed by atoms with van der Waals surface area (Å²) in [4.78, 5) is 16.6. The molecule has 0 aliphatic heterocycles. The number of carbonyl (C=O) groups is 1. The Morgan fingerprint density at radius 3 is 2.75 bits per heavy atom. The summed E-state index contributed by atoms with van der Waals surface area (Å²) in [5, 5.41) is 14.3. The minimum absolute atomic E-state index is 0.0716. The number of nitrogens with zero attached hydrogens (tertiary/aromatic N) is 2. The van der Waals surface area contributed by atoms with Crippen molar-refractivity contribution in [3.8, 4) is 5.75 Å². The summed E-state index contributed by atoms with van der Waals surface area (Å²) in [5.74, 6) is -2.18. The summed E-state index contributed by atoms with van der Waals surface area (Å²) < 4.78 is 32.0. The molecule has 6 nitrogen and oxygen atoms in total. The van der Waals surface area contributed by atoms with Crippen molar-refractivity contribution in [2.45, 2.75) is 6.61 Å². The standard InChI is InChI=1S/C20H15F2N3O3/c21-17-5-3-14(9-18(17)22)12-28-19-6-4-13(10-24-27)8-16(19)20(26)25-15-2-1-7-23-11-15/h1-11,27H,12H2,(H,25,26)/b24-10+. The molecule has 1 heterocycles. The molecule has 3 rings (SSSR count). The maximum Gasteiger partial charge on any atom is 0.259 e. The largest absolute Gasteiger partial charge is 0.488 e. The first-order chi connectivity index (χ1) is 13.6. The number of carbonyl (C=O) groups excluding carboxylic acids is 1. The van der Waals surface area contributed by atoms with E-state index in [-0.39, 0.29) is 17.9 Å². The van der Waals surface area contributed by atoms with Gasteiger partial charge in [0.25, 0.3) is 5.91 Å². The fourth-order valence-electron chi connectivity index (χ4n) is 2.42. The number of hydrogen-bond donors (Lipinski definition) is 2. The van der Waals surface area contributed by atoms with Crippen LogP contribution in [0.4, 0.5) is 14.5 Å². The Morgan fingerprint density at radius 1 is 1.18 bits per heavy atom. The first-order valence-corrected chi connectivity index (χ1v) is 8.16. The summed E-state index contributed by atoms with van der Waals surface area (Å²) in [7, 11) is 0. The summed E-state index contributed by atoms with van der Waals surface area (Å²) in [5.41, 5.74) is 1.53. The van der Waals surface area contributed by atoms with Crippen LogP contribution in [0.5, 0.6) is 5.75 Å². The molecule has 142 valence electrons. The zero-order valence-corrected chi connectivity index (χ0v) is 14.5. The van der Waals surface area contributed by atoms with Crippen LogP contribution in [0.25, 0.3) is 0 Å². The van der Waals surface area contributed by atoms with Gasteiger partial charge in [-0.3, -0.25) is 9.78 Å². The predicted octanol–water partition coefficient (Wildman–Crippen LogP) is 4.00. The van der Waals surface area contributed by atoms with Crippen molar-refractivity contribution in [2.24, 2.45) is 5.16 Å². The molecule has 8 heteroatoms. The number of rotatable bonds is 6. The zero-order chi connectivity index (χ0) is 19.9. The first-order valence-electron chi connectivity index (χ1n) is 8.16. The predicted molar refractivity (Wildman–Crippen MR) is 98.7 cm³/mol. The number of pyridine rings is 1. The van der Waals surface area contributed by atoms with Crippen molar-refractivity contribution in [1.82, 2.24) is 4.98 Å². The molecule has 0 atom stereocenters. The van der Waals surface area contributed by atoms with Gasteiger partial charge in [0.2, 0.25) is 0 Å². The molecule has 1 aromatic heterocycles. The van der Waals surface area contributed by atoms with Gasteiger partial charge in [-0.05, 0) is 53.6 Å². The molecule has 3 aromatic rings. The number of aromatic nitrogens is 1. The van der Waals surface area contributed by atoms with E-state index in [2.05, 4.69) is 15.5 Å². The molecule has 0 saturated heterocycles. The molecule has 0 unspecified atom stereocenters. The van der Waals surface area contributed by atoms with Gasteiger partial charge in [-0.25, -0.2) is 8.78 Å². The second-order valence-corrected chi connectivity index (χ2v) is 5.73. The highest BCUT2D eigenvalue weighted by molar-refractivity contribution is 6.07. The highest BCUT2D eigenvalue weighted by Crippen LogP contribution is 2.23. The Morgan fingerprint density at radius 2 is 2.04 bits per heavy atom. The highest BCUT2D eigenvalue weighted by atomic mass is 19.2. The lowest BCUT2D eigenvalue weighted by atomic mass is 10.1. The van der Waals surface area contributed by atoms with Gasteiger partial charge in [-0.1, -0.05) is 11.2 Å². The Hall–Kier alpha value is -3.81. The summed E-state index contributed by atoms with van der Waals surface area (Å²) in [6.45, 7) is -0.0716. The molecule has 0 aliphatic rings. The smallest absolute Gasteiger partial charge is 0.259 e. The SMILES string of the molecule is O=C(Nc1cccnc1)c1cc(/C=N/O)ccc1OCc1ccc(F)c(F)c1. The van der Waals surface area contributed by atoms with Crippen LogP contribution in [-0.4, -0.2) is 22.3 Å². The van der Waals surface area contributed by atoms with Crippen LogP contribution in [0.15, 0.2) is 66.1 Å². The Labute approximate surface area is 159 Å². The van der Waals surface area contributed by atoms with E-state index in [0.29, 0.717) is 16.8 Å². The number of hydrogen-bond acceptors (Lipinski definition) is 5. The molecule has 0 bridgehead atoms. The fourth-order valence-corrected chi connectivity index (χ4v) is 2.42. The number of benzene rings is 2. The van der Waals surface area contributed by atoms with Crippen molar-refractivity contribution in [2.75, 3.05) is 5.32 Å². The van der Waals surface area contributed by atoms with E-state index in [1.165, 1.54) is 30.6 Å². The zero-order valence-electron chi connectivity index (χ0n) is 14.5. The molecule has 0 saturated carbocycles. The van der Waals surface area contributed by atoms with Crippen molar-refractivity contribution >= 4 is 17.8 Å². The highest BCUT2D eigenvalue weighted by Gasteiger charge is 2.15. The number of amides is 1. The normalized spacial score (nSPS) is 10.8. The lowest BCUT2D eigenvalue weighted by Crippen LogP contribution is -2.14. The minimum atomic E-state index is -0.981. The third kappa shape index (κ3) is 4.67. The van der Waals surface area contributed by atoms with Crippen LogP contribution < -0.4 is 10.1 Å². The van der Waals surface area contributed by atoms with Crippen LogP contribution in [0.3, 0.4) is 0 Å². The van der Waals surface area contributed by atoms with Crippen molar-refractivity contribution < 1.29 is 23.5 Å². The third-order valence-electron chi connectivity index (χ3n) is 3.75. The van der Waals surface area contributed by atoms with E-state index in [4.69, 9.17) is 9.94 Å². The Bertz CT molecular complexity index is 1010. The average Bonchev–Trinajstić information content (AvgIpc) is 2.70. The summed E-state index contributed by atoms with van der Waals surface area (Å²) >= 11 is 0. The van der Waals surface area contributed by atoms with Gasteiger partial charge >= 0.3 is 0 Å². The van der Waals surface area contributed by atoms with Crippen molar-refractivity contribution in [1.29, 1.82) is 0 Å². The van der Waals surface area contributed by atoms with Gasteiger partial charge in [0.15, 0.2) is 11.6 Å². The van der Waals surface area contributed by atoms with Crippen molar-refractivity contribution in [3.63, 3.8) is 0 Å². The van der Waals surface area contributed by atoms with E-state index in [1.54, 1.807) is 24.4 Å². The summed E-state index contributed by atoms with van der Waals surface area (Å²) in [6.07, 6.45) is 4.23. The fraction of sp³-hybridized carbons (Fsp3) is 0.0500. The molecule has 0 fully saturated rings. The van der Waals surface area contributed by atoms with Crippen LogP contribution >= 0.6 is 0 Å². The maximum absolute atomic E-state index is 13.4. The summed E-state index contributed by atoms with van der Waals surface area (Å²) in [6, 6.07) is 11.3. The number of anilines is 1. The third-order valence-corrected chi connectivity index (χ3v) is 3.75. The molecule has 1 amide bonds. The number of oxime groups is 1. The van der Waals surface area contributed by atoms with Crippen LogP contribution in [-0.2, 0) is 6.61 Å². The minimum Gasteiger partial charge on any atom is -0.488 e. The van der Waals surface area contributed by atoms with Gasteiger partial charge in [0.05, 0.1) is 23.7 Å². The van der Waals surface area contributed by atoms with E-state index >= 15 is 0 Å². The van der Waals surface area contributed by atoms with Gasteiger partial charge < -0.3 is 15.3 Å². The van der Waals surface area contributed by atoms with Crippen LogP contribution in [0, 0.1) is 11.6 Å². The quantitative estimate of drug-likeness (QED) is 0.383. The monoisotopic (exact) mass is 383 g/mol. The number of ether oxygens (including phenoxy) is 1. The Kier molecular flexibility index (Phi) is 5.91. The molecule has 2 aromatic carbocycles. The molecule has 2 N–H and O–H groups in total. The molecule has 0 spiro atoms. The molecule has 0 radical (unpaired) electrons. The van der Waals surface area contributed by atoms with E-state index in [1.807, 2.05) is 0 Å². The second-order valence-electron chi connectivity index (χ2n) is 5.73. The van der Waals surface area contributed by atoms with Crippen LogP contribution in [0.2, 0.25) is 0 Å². The molecular formula is C20H15F2N3O3. The van der Waals surface area contributed by atoms with E-state index in [9.17, 15) is 13.6 Å². The molecule has 0 aliphatic carbocycles. The van der Waals surface area contributed by atoms with E-state index in [0.717, 1.165) is 12.1 Å². The molecular weight excluding hydrogens is 368 g/mol. The van der Waals surface area contributed by atoms with Gasteiger partial charge in [0, 0.05) is 6.20 Å². The van der Waals surface area contributed by atoms with Gasteiger partial charge in [-0.15, -0.1) is 0 Å². The topological polar surface area (TPSA) is 83.8 Å². The number of nitrogens with one attached hydrogen (secondary N) is 1. The first kappa shape index (κ1) is 19.0. The number of halogens is 2. The lowest BCUT2D eigenvalue weighted by molar-refractivity contribution is 0.102. The molecule has 28 heavy (non-hydrogen) atoms.